The third kappa shape index (κ3) is 6.46. The van der Waals surface area contributed by atoms with Crippen LogP contribution in [0, 0.1) is 0 Å². The van der Waals surface area contributed by atoms with Crippen molar-refractivity contribution in [2.24, 2.45) is 0 Å². The van der Waals surface area contributed by atoms with E-state index >= 15 is 0 Å². The van der Waals surface area contributed by atoms with Gasteiger partial charge in [-0.25, -0.2) is 0 Å². The molecule has 0 spiro atoms. The number of benzene rings is 3. The Morgan fingerprint density at radius 2 is 1.70 bits per heavy atom. The second-order valence-corrected chi connectivity index (χ2v) is 12.4. The molecule has 3 aromatic carbocycles. The van der Waals surface area contributed by atoms with Gasteiger partial charge in [-0.05, 0) is 61.1 Å². The van der Waals surface area contributed by atoms with Crippen molar-refractivity contribution >= 4 is 40.1 Å². The molecule has 3 aliphatic heterocycles. The first-order valence-corrected chi connectivity index (χ1v) is 16.0. The monoisotopic (exact) mass is 639 g/mol. The van der Waals surface area contributed by atoms with Crippen LogP contribution in [0.1, 0.15) is 47.4 Å². The molecule has 1 atom stereocenters. The van der Waals surface area contributed by atoms with Gasteiger partial charge in [0.1, 0.15) is 5.58 Å². The van der Waals surface area contributed by atoms with E-state index in [1.54, 1.807) is 12.1 Å². The Morgan fingerprint density at radius 1 is 0.935 bits per heavy atom. The Labute approximate surface area is 271 Å². The van der Waals surface area contributed by atoms with Crippen molar-refractivity contribution in [3.63, 3.8) is 0 Å². The average molecular weight is 640 g/mol. The van der Waals surface area contributed by atoms with Crippen molar-refractivity contribution in [1.82, 2.24) is 10.2 Å². The van der Waals surface area contributed by atoms with Gasteiger partial charge in [0.25, 0.3) is 5.91 Å². The van der Waals surface area contributed by atoms with Crippen LogP contribution in [-0.4, -0.2) is 49.2 Å². The zero-order valence-corrected chi connectivity index (χ0v) is 26.1. The number of hydrogen-bond acceptors (Lipinski definition) is 7. The Balaban J connectivity index is 1.09. The summed E-state index contributed by atoms with van der Waals surface area (Å²) in [5, 5.41) is 4.06. The maximum absolute atomic E-state index is 13.5. The molecular formula is C36H34ClN3O6. The first-order chi connectivity index (χ1) is 22.4. The topological polar surface area (TPSA) is 101 Å². The number of fused-ring (bicyclic) bond motifs is 2. The molecule has 0 aliphatic carbocycles. The van der Waals surface area contributed by atoms with Crippen LogP contribution < -0.4 is 25.1 Å². The predicted octanol–water partition coefficient (Wildman–Crippen LogP) is 5.87. The molecule has 0 saturated carbocycles. The first-order valence-electron chi connectivity index (χ1n) is 15.6. The van der Waals surface area contributed by atoms with Gasteiger partial charge in [0.2, 0.25) is 12.7 Å². The molecule has 1 aromatic heterocycles. The Hall–Kier alpha value is -4.76. The van der Waals surface area contributed by atoms with Crippen LogP contribution in [0.2, 0.25) is 5.02 Å². The summed E-state index contributed by atoms with van der Waals surface area (Å²) in [7, 11) is 0. The maximum Gasteiger partial charge on any atom is 0.287 e. The number of carbonyl (C=O) groups is 2. The second-order valence-electron chi connectivity index (χ2n) is 11.9. The maximum atomic E-state index is 13.5. The summed E-state index contributed by atoms with van der Waals surface area (Å²) in [4.78, 5) is 43.1. The summed E-state index contributed by atoms with van der Waals surface area (Å²) in [5.74, 6) is 0.622. The predicted molar refractivity (Wildman–Crippen MR) is 176 cm³/mol. The van der Waals surface area contributed by atoms with Crippen LogP contribution in [0.5, 0.6) is 11.5 Å². The average Bonchev–Trinajstić information content (AvgIpc) is 3.69. The minimum Gasteiger partial charge on any atom is -0.454 e. The van der Waals surface area contributed by atoms with Gasteiger partial charge in [0.05, 0.1) is 11.4 Å². The highest BCUT2D eigenvalue weighted by Crippen LogP contribution is 2.35. The quantitative estimate of drug-likeness (QED) is 0.241. The van der Waals surface area contributed by atoms with Gasteiger partial charge >= 0.3 is 0 Å². The summed E-state index contributed by atoms with van der Waals surface area (Å²) in [6.45, 7) is 3.17. The Kier molecular flexibility index (Phi) is 8.41. The Morgan fingerprint density at radius 3 is 2.46 bits per heavy atom. The van der Waals surface area contributed by atoms with E-state index < -0.39 is 5.91 Å². The van der Waals surface area contributed by atoms with Crippen LogP contribution >= 0.6 is 11.6 Å². The van der Waals surface area contributed by atoms with Crippen molar-refractivity contribution in [1.29, 1.82) is 0 Å². The molecule has 10 heteroatoms. The second kappa shape index (κ2) is 12.9. The van der Waals surface area contributed by atoms with E-state index in [0.717, 1.165) is 44.5 Å². The highest BCUT2D eigenvalue weighted by Gasteiger charge is 2.25. The molecule has 3 aliphatic rings. The molecule has 4 aromatic rings. The fraction of sp³-hybridized carbons (Fsp3) is 0.306. The highest BCUT2D eigenvalue weighted by molar-refractivity contribution is 6.30. The van der Waals surface area contributed by atoms with E-state index in [-0.39, 0.29) is 35.5 Å². The SMILES string of the molecule is O=C(N[C@@H](C=C1CCN(c2ccccc2CN2CCCC2=O)CC1)Cc1ccc(Cl)cc1)c1cc(=O)c2cc3c(cc2o1)OCO3. The normalized spacial score (nSPS) is 16.6. The molecular weight excluding hydrogens is 606 g/mol. The number of likely N-dealkylation sites (tertiary alicyclic amines) is 1. The number of anilines is 1. The number of halogens is 1. The van der Waals surface area contributed by atoms with Crippen molar-refractivity contribution in [3.8, 4) is 11.5 Å². The number of ether oxygens (including phenoxy) is 2. The molecule has 2 saturated heterocycles. The first kappa shape index (κ1) is 29.9. The number of carbonyl (C=O) groups excluding carboxylic acids is 2. The third-order valence-corrected chi connectivity index (χ3v) is 9.09. The lowest BCUT2D eigenvalue weighted by atomic mass is 9.97. The van der Waals surface area contributed by atoms with E-state index in [0.29, 0.717) is 41.3 Å². The molecule has 7 rings (SSSR count). The number of para-hydroxylation sites is 1. The van der Waals surface area contributed by atoms with Crippen molar-refractivity contribution in [3.05, 3.63) is 111 Å². The number of nitrogens with one attached hydrogen (secondary N) is 1. The van der Waals surface area contributed by atoms with Gasteiger partial charge in [-0.3, -0.25) is 14.4 Å². The minimum atomic E-state index is -0.477. The van der Waals surface area contributed by atoms with Crippen LogP contribution in [0.15, 0.2) is 87.6 Å². The Bertz CT molecular complexity index is 1880. The van der Waals surface area contributed by atoms with E-state index in [2.05, 4.69) is 28.4 Å². The smallest absolute Gasteiger partial charge is 0.287 e. The van der Waals surface area contributed by atoms with Gasteiger partial charge in [0.15, 0.2) is 22.7 Å². The van der Waals surface area contributed by atoms with Crippen molar-refractivity contribution < 1.29 is 23.5 Å². The van der Waals surface area contributed by atoms with Crippen LogP contribution in [0.25, 0.3) is 11.0 Å². The molecule has 46 heavy (non-hydrogen) atoms. The fourth-order valence-corrected chi connectivity index (χ4v) is 6.56. The lowest BCUT2D eigenvalue weighted by Crippen LogP contribution is -2.37. The molecule has 2 fully saturated rings. The van der Waals surface area contributed by atoms with Crippen LogP contribution in [-0.2, 0) is 17.8 Å². The summed E-state index contributed by atoms with van der Waals surface area (Å²) in [6.07, 6.45) is 5.90. The third-order valence-electron chi connectivity index (χ3n) is 8.84. The van der Waals surface area contributed by atoms with Crippen molar-refractivity contribution in [2.75, 3.05) is 31.3 Å². The van der Waals surface area contributed by atoms with Gasteiger partial charge in [-0.1, -0.05) is 53.6 Å². The largest absolute Gasteiger partial charge is 0.454 e. The number of hydrogen-bond donors (Lipinski definition) is 1. The number of piperidine rings is 1. The molecule has 236 valence electrons. The minimum absolute atomic E-state index is 0.0676. The van der Waals surface area contributed by atoms with E-state index in [1.807, 2.05) is 41.3 Å². The highest BCUT2D eigenvalue weighted by atomic mass is 35.5. The summed E-state index contributed by atoms with van der Waals surface area (Å²) in [6, 6.07) is 19.9. The van der Waals surface area contributed by atoms with E-state index in [1.165, 1.54) is 22.9 Å². The van der Waals surface area contributed by atoms with Gasteiger partial charge in [-0.2, -0.15) is 0 Å². The van der Waals surface area contributed by atoms with Crippen molar-refractivity contribution in [2.45, 2.75) is 44.7 Å². The summed E-state index contributed by atoms with van der Waals surface area (Å²) in [5.41, 5.74) is 4.52. The van der Waals surface area contributed by atoms with Crippen LogP contribution in [0.3, 0.4) is 0 Å². The summed E-state index contributed by atoms with van der Waals surface area (Å²) < 4.78 is 16.7. The molecule has 0 radical (unpaired) electrons. The lowest BCUT2D eigenvalue weighted by molar-refractivity contribution is -0.128. The zero-order valence-electron chi connectivity index (χ0n) is 25.3. The van der Waals surface area contributed by atoms with E-state index in [9.17, 15) is 14.4 Å². The zero-order chi connectivity index (χ0) is 31.6. The number of nitrogens with zero attached hydrogens (tertiary/aromatic N) is 2. The molecule has 9 nitrogen and oxygen atoms in total. The fourth-order valence-electron chi connectivity index (χ4n) is 6.44. The molecule has 0 bridgehead atoms. The van der Waals surface area contributed by atoms with Gasteiger partial charge in [-0.15, -0.1) is 0 Å². The summed E-state index contributed by atoms with van der Waals surface area (Å²) >= 11 is 6.13. The number of amides is 2. The van der Waals surface area contributed by atoms with Gasteiger partial charge in [0, 0.05) is 55.4 Å². The van der Waals surface area contributed by atoms with E-state index in [4.69, 9.17) is 25.5 Å². The molecule has 2 amide bonds. The molecule has 0 unspecified atom stereocenters. The lowest BCUT2D eigenvalue weighted by Gasteiger charge is -2.33. The molecule has 1 N–H and O–H groups in total. The molecule has 4 heterocycles. The number of rotatable bonds is 8. The standard InChI is InChI=1S/C36H34ClN3O6/c37-26-9-7-23(8-10-26)16-27(38-36(43)34-19-30(41)28-18-32-33(45-22-44-32)20-31(28)46-34)17-24-11-14-39(15-12-24)29-5-2-1-4-25(29)21-40-13-3-6-35(40)42/h1-2,4-5,7-10,17-20,27H,3,6,11-16,21-22H2,(H,38,43)/t27-/m1/s1. The van der Waals surface area contributed by atoms with Gasteiger partial charge < -0.3 is 29.0 Å². The van der Waals surface area contributed by atoms with Crippen LogP contribution in [0.4, 0.5) is 5.69 Å².